The summed E-state index contributed by atoms with van der Waals surface area (Å²) in [6.07, 6.45) is 5.53. The molecule has 0 spiro atoms. The van der Waals surface area contributed by atoms with Gasteiger partial charge in [0.25, 0.3) is 5.91 Å². The van der Waals surface area contributed by atoms with Crippen LogP contribution in [0.25, 0.3) is 0 Å². The fourth-order valence-corrected chi connectivity index (χ4v) is 3.72. The summed E-state index contributed by atoms with van der Waals surface area (Å²) < 4.78 is 5.63. The lowest BCUT2D eigenvalue weighted by molar-refractivity contribution is -0.162. The van der Waals surface area contributed by atoms with Crippen LogP contribution in [-0.2, 0) is 14.3 Å². The molecular weight excluding hydrogens is 304 g/mol. The minimum absolute atomic E-state index is 0.0403. The number of carbonyl (C=O) groups is 2. The highest BCUT2D eigenvalue weighted by Gasteiger charge is 2.39. The molecule has 1 aliphatic carbocycles. The van der Waals surface area contributed by atoms with Gasteiger partial charge in [-0.1, -0.05) is 49.6 Å². The van der Waals surface area contributed by atoms with E-state index in [9.17, 15) is 9.59 Å². The van der Waals surface area contributed by atoms with Crippen LogP contribution in [0.5, 0.6) is 0 Å². The van der Waals surface area contributed by atoms with Crippen molar-refractivity contribution in [2.24, 2.45) is 5.92 Å². The van der Waals surface area contributed by atoms with Crippen LogP contribution in [0, 0.1) is 5.92 Å². The van der Waals surface area contributed by atoms with Crippen LogP contribution in [-0.4, -0.2) is 43.0 Å². The standard InChI is InChI=1S/C19H26N2O3/c1-21-16(22)13-24-18(17(21)15-10-6-3-7-11-15)19(23)20-12-14-8-4-2-5-9-14/h3,6-7,10-11,14,17-18H,2,4-5,8-9,12-13H2,1H3,(H,20,23)/t17-,18+/m0/s1. The van der Waals surface area contributed by atoms with Crippen molar-refractivity contribution in [2.75, 3.05) is 20.2 Å². The normalized spacial score (nSPS) is 25.5. The van der Waals surface area contributed by atoms with Gasteiger partial charge in [0.05, 0.1) is 6.04 Å². The molecule has 5 nitrogen and oxygen atoms in total. The second-order valence-electron chi connectivity index (χ2n) is 6.84. The largest absolute Gasteiger partial charge is 0.356 e. The molecule has 1 aromatic carbocycles. The maximum atomic E-state index is 12.7. The van der Waals surface area contributed by atoms with Crippen molar-refractivity contribution in [3.63, 3.8) is 0 Å². The zero-order valence-corrected chi connectivity index (χ0v) is 14.2. The first-order valence-electron chi connectivity index (χ1n) is 8.86. The van der Waals surface area contributed by atoms with E-state index in [1.165, 1.54) is 32.1 Å². The van der Waals surface area contributed by atoms with Crippen LogP contribution >= 0.6 is 0 Å². The van der Waals surface area contributed by atoms with Gasteiger partial charge in [-0.2, -0.15) is 0 Å². The molecule has 1 N–H and O–H groups in total. The topological polar surface area (TPSA) is 58.6 Å². The summed E-state index contributed by atoms with van der Waals surface area (Å²) in [5, 5.41) is 3.06. The third kappa shape index (κ3) is 3.78. The summed E-state index contributed by atoms with van der Waals surface area (Å²) in [6.45, 7) is 0.666. The minimum Gasteiger partial charge on any atom is -0.356 e. The lowest BCUT2D eigenvalue weighted by atomic mass is 9.89. The molecule has 3 rings (SSSR count). The zero-order valence-electron chi connectivity index (χ0n) is 14.2. The van der Waals surface area contributed by atoms with Crippen LogP contribution < -0.4 is 5.32 Å². The van der Waals surface area contributed by atoms with Crippen molar-refractivity contribution in [1.82, 2.24) is 10.2 Å². The van der Waals surface area contributed by atoms with Crippen LogP contribution in [0.3, 0.4) is 0 Å². The van der Waals surface area contributed by atoms with Crippen molar-refractivity contribution >= 4 is 11.8 Å². The van der Waals surface area contributed by atoms with Gasteiger partial charge in [0.15, 0.2) is 6.10 Å². The molecule has 2 aliphatic rings. The fraction of sp³-hybridized carbons (Fsp3) is 0.579. The molecule has 130 valence electrons. The molecule has 2 amide bonds. The number of ether oxygens (including phenoxy) is 1. The van der Waals surface area contributed by atoms with Crippen molar-refractivity contribution in [1.29, 1.82) is 0 Å². The molecule has 0 unspecified atom stereocenters. The van der Waals surface area contributed by atoms with Gasteiger partial charge in [-0.25, -0.2) is 0 Å². The van der Waals surface area contributed by atoms with E-state index in [1.807, 2.05) is 30.3 Å². The van der Waals surface area contributed by atoms with Crippen molar-refractivity contribution in [2.45, 2.75) is 44.2 Å². The second-order valence-corrected chi connectivity index (χ2v) is 6.84. The molecule has 5 heteroatoms. The predicted octanol–water partition coefficient (Wildman–Crippen LogP) is 2.28. The quantitative estimate of drug-likeness (QED) is 0.921. The predicted molar refractivity (Wildman–Crippen MR) is 91.3 cm³/mol. The monoisotopic (exact) mass is 330 g/mol. The number of nitrogens with zero attached hydrogens (tertiary/aromatic N) is 1. The van der Waals surface area contributed by atoms with Crippen molar-refractivity contribution in [3.05, 3.63) is 35.9 Å². The van der Waals surface area contributed by atoms with Gasteiger partial charge >= 0.3 is 0 Å². The number of likely N-dealkylation sites (N-methyl/N-ethyl adjacent to an activating group) is 1. The van der Waals surface area contributed by atoms with Gasteiger partial charge in [-0.05, 0) is 24.3 Å². The van der Waals surface area contributed by atoms with E-state index in [4.69, 9.17) is 4.74 Å². The minimum atomic E-state index is -0.654. The van der Waals surface area contributed by atoms with Crippen LogP contribution in [0.15, 0.2) is 30.3 Å². The summed E-state index contributed by atoms with van der Waals surface area (Å²) >= 11 is 0. The van der Waals surface area contributed by atoms with Gasteiger partial charge in [0, 0.05) is 13.6 Å². The Kier molecular flexibility index (Phi) is 5.51. The Bertz CT molecular complexity index is 569. The van der Waals surface area contributed by atoms with E-state index in [0.717, 1.165) is 5.56 Å². The summed E-state index contributed by atoms with van der Waals surface area (Å²) in [4.78, 5) is 26.4. The number of benzene rings is 1. The Morgan fingerprint density at radius 2 is 1.92 bits per heavy atom. The highest BCUT2D eigenvalue weighted by atomic mass is 16.5. The fourth-order valence-electron chi connectivity index (χ4n) is 3.72. The Morgan fingerprint density at radius 3 is 2.62 bits per heavy atom. The van der Waals surface area contributed by atoms with E-state index in [0.29, 0.717) is 12.5 Å². The Hall–Kier alpha value is -1.88. The summed E-state index contributed by atoms with van der Waals surface area (Å²) in [5.41, 5.74) is 0.922. The molecule has 1 heterocycles. The van der Waals surface area contributed by atoms with Gasteiger partial charge in [-0.15, -0.1) is 0 Å². The average Bonchev–Trinajstić information content (AvgIpc) is 2.63. The molecule has 1 aromatic rings. The highest BCUT2D eigenvalue weighted by Crippen LogP contribution is 2.29. The van der Waals surface area contributed by atoms with Gasteiger partial charge < -0.3 is 15.0 Å². The SMILES string of the molecule is CN1C(=O)CO[C@@H](C(=O)NCC2CCCCC2)[C@@H]1c1ccccc1. The summed E-state index contributed by atoms with van der Waals surface area (Å²) in [7, 11) is 1.74. The zero-order chi connectivity index (χ0) is 16.9. The third-order valence-corrected chi connectivity index (χ3v) is 5.17. The second kappa shape index (κ2) is 7.79. The van der Waals surface area contributed by atoms with Crippen LogP contribution in [0.1, 0.15) is 43.7 Å². The van der Waals surface area contributed by atoms with E-state index in [-0.39, 0.29) is 24.5 Å². The first-order valence-corrected chi connectivity index (χ1v) is 8.86. The highest BCUT2D eigenvalue weighted by molar-refractivity contribution is 5.86. The summed E-state index contributed by atoms with van der Waals surface area (Å²) in [5.74, 6) is 0.356. The van der Waals surface area contributed by atoms with E-state index in [2.05, 4.69) is 5.32 Å². The molecule has 0 radical (unpaired) electrons. The smallest absolute Gasteiger partial charge is 0.251 e. The molecule has 1 saturated heterocycles. The van der Waals surface area contributed by atoms with E-state index < -0.39 is 6.10 Å². The average molecular weight is 330 g/mol. The lowest BCUT2D eigenvalue weighted by Crippen LogP contribution is -2.53. The van der Waals surface area contributed by atoms with Gasteiger partial charge in [0.1, 0.15) is 6.61 Å². The van der Waals surface area contributed by atoms with E-state index >= 15 is 0 Å². The number of rotatable bonds is 4. The Morgan fingerprint density at radius 1 is 1.21 bits per heavy atom. The molecule has 1 saturated carbocycles. The molecule has 2 atom stereocenters. The molecule has 0 aromatic heterocycles. The van der Waals surface area contributed by atoms with E-state index in [1.54, 1.807) is 11.9 Å². The molecular formula is C19H26N2O3. The van der Waals surface area contributed by atoms with Crippen LogP contribution in [0.4, 0.5) is 0 Å². The van der Waals surface area contributed by atoms with Crippen molar-refractivity contribution < 1.29 is 14.3 Å². The number of carbonyl (C=O) groups excluding carboxylic acids is 2. The summed E-state index contributed by atoms with van der Waals surface area (Å²) in [6, 6.07) is 9.25. The Labute approximate surface area is 143 Å². The Balaban J connectivity index is 1.69. The first kappa shape index (κ1) is 17.0. The molecule has 24 heavy (non-hydrogen) atoms. The van der Waals surface area contributed by atoms with Gasteiger partial charge in [-0.3, -0.25) is 9.59 Å². The molecule has 0 bridgehead atoms. The number of hydrogen-bond acceptors (Lipinski definition) is 3. The molecule has 1 aliphatic heterocycles. The number of morpholine rings is 1. The first-order chi connectivity index (χ1) is 11.7. The maximum Gasteiger partial charge on any atom is 0.251 e. The number of hydrogen-bond donors (Lipinski definition) is 1. The lowest BCUT2D eigenvalue weighted by Gasteiger charge is -2.38. The third-order valence-electron chi connectivity index (χ3n) is 5.17. The molecule has 2 fully saturated rings. The maximum absolute atomic E-state index is 12.7. The number of amides is 2. The number of nitrogens with one attached hydrogen (secondary N) is 1. The van der Waals surface area contributed by atoms with Crippen LogP contribution in [0.2, 0.25) is 0 Å². The van der Waals surface area contributed by atoms with Gasteiger partial charge in [0.2, 0.25) is 5.91 Å². The van der Waals surface area contributed by atoms with Crippen molar-refractivity contribution in [3.8, 4) is 0 Å².